The summed E-state index contributed by atoms with van der Waals surface area (Å²) in [5.74, 6) is 0. The van der Waals surface area contributed by atoms with Crippen LogP contribution in [0, 0.1) is 10.1 Å². The molecule has 1 aromatic carbocycles. The Morgan fingerprint density at radius 1 is 0.870 bits per heavy atom. The van der Waals surface area contributed by atoms with Crippen LogP contribution in [0.2, 0.25) is 0 Å². The number of nitro groups is 1. The predicted molar refractivity (Wildman–Crippen MR) is 86.6 cm³/mol. The van der Waals surface area contributed by atoms with E-state index >= 15 is 0 Å². The third-order valence-corrected chi connectivity index (χ3v) is 6.42. The number of anilines is 1. The van der Waals surface area contributed by atoms with Crippen molar-refractivity contribution in [1.82, 2.24) is 8.61 Å². The summed E-state index contributed by atoms with van der Waals surface area (Å²) in [5, 5.41) is 10.7. The summed E-state index contributed by atoms with van der Waals surface area (Å²) in [6, 6.07) is 6.37. The summed E-state index contributed by atoms with van der Waals surface area (Å²) >= 11 is 0. The van der Waals surface area contributed by atoms with E-state index in [2.05, 4.69) is 4.90 Å². The Labute approximate surface area is 135 Å². The van der Waals surface area contributed by atoms with Gasteiger partial charge < -0.3 is 4.90 Å². The molecule has 23 heavy (non-hydrogen) atoms. The summed E-state index contributed by atoms with van der Waals surface area (Å²) in [7, 11) is -3.33. The molecule has 3 rings (SSSR count). The largest absolute Gasteiger partial charge is 0.369 e. The highest BCUT2D eigenvalue weighted by atomic mass is 32.2. The lowest BCUT2D eigenvalue weighted by molar-refractivity contribution is -0.384. The van der Waals surface area contributed by atoms with Gasteiger partial charge in [0.25, 0.3) is 15.9 Å². The van der Waals surface area contributed by atoms with Crippen LogP contribution in [0.1, 0.15) is 12.8 Å². The van der Waals surface area contributed by atoms with Crippen molar-refractivity contribution in [3.05, 3.63) is 34.4 Å². The van der Waals surface area contributed by atoms with Crippen molar-refractivity contribution in [2.24, 2.45) is 0 Å². The lowest BCUT2D eigenvalue weighted by Gasteiger charge is -2.36. The molecule has 8 nitrogen and oxygen atoms in total. The van der Waals surface area contributed by atoms with Crippen LogP contribution >= 0.6 is 0 Å². The first-order valence-corrected chi connectivity index (χ1v) is 9.13. The van der Waals surface area contributed by atoms with E-state index in [-0.39, 0.29) is 5.69 Å². The maximum Gasteiger partial charge on any atom is 0.282 e. The highest BCUT2D eigenvalue weighted by Crippen LogP contribution is 2.23. The molecule has 0 aromatic heterocycles. The number of rotatable bonds is 4. The standard InChI is InChI=1S/C14H20N4O4S/c19-18(20)14-5-3-13(4-6-14)15-9-11-17(12-10-15)23(21,22)16-7-1-2-8-16/h3-6H,1-2,7-12H2. The number of benzene rings is 1. The molecule has 0 spiro atoms. The van der Waals surface area contributed by atoms with Crippen LogP contribution in [-0.2, 0) is 10.2 Å². The van der Waals surface area contributed by atoms with Crippen molar-refractivity contribution in [1.29, 1.82) is 0 Å². The number of nitro benzene ring substituents is 1. The van der Waals surface area contributed by atoms with E-state index in [1.807, 2.05) is 0 Å². The minimum Gasteiger partial charge on any atom is -0.369 e. The van der Waals surface area contributed by atoms with Gasteiger partial charge in [-0.05, 0) is 25.0 Å². The van der Waals surface area contributed by atoms with Crippen molar-refractivity contribution >= 4 is 21.6 Å². The van der Waals surface area contributed by atoms with E-state index in [9.17, 15) is 18.5 Å². The lowest BCUT2D eigenvalue weighted by Crippen LogP contribution is -2.52. The number of non-ortho nitro benzene ring substituents is 1. The van der Waals surface area contributed by atoms with E-state index in [1.165, 1.54) is 12.1 Å². The normalized spacial score (nSPS) is 20.8. The van der Waals surface area contributed by atoms with Crippen molar-refractivity contribution in [3.8, 4) is 0 Å². The minimum atomic E-state index is -3.33. The maximum atomic E-state index is 12.5. The highest BCUT2D eigenvalue weighted by molar-refractivity contribution is 7.86. The maximum absolute atomic E-state index is 12.5. The van der Waals surface area contributed by atoms with Crippen molar-refractivity contribution in [3.63, 3.8) is 0 Å². The van der Waals surface area contributed by atoms with Crippen LogP contribution < -0.4 is 4.90 Å². The highest BCUT2D eigenvalue weighted by Gasteiger charge is 2.33. The molecule has 2 aliphatic rings. The summed E-state index contributed by atoms with van der Waals surface area (Å²) in [5.41, 5.74) is 0.942. The molecule has 2 fully saturated rings. The third-order valence-electron chi connectivity index (χ3n) is 4.38. The summed E-state index contributed by atoms with van der Waals surface area (Å²) < 4.78 is 28.1. The summed E-state index contributed by atoms with van der Waals surface area (Å²) in [6.45, 7) is 3.29. The first-order chi connectivity index (χ1) is 11.0. The molecule has 2 heterocycles. The SMILES string of the molecule is O=[N+]([O-])c1ccc(N2CCN(S(=O)(=O)N3CCCC3)CC2)cc1. The number of hydrogen-bond acceptors (Lipinski definition) is 5. The van der Waals surface area contributed by atoms with Gasteiger partial charge in [0.2, 0.25) is 0 Å². The van der Waals surface area contributed by atoms with Crippen LogP contribution in [-0.4, -0.2) is 61.2 Å². The quantitative estimate of drug-likeness (QED) is 0.604. The molecular weight excluding hydrogens is 320 g/mol. The van der Waals surface area contributed by atoms with Gasteiger partial charge in [-0.15, -0.1) is 0 Å². The fourth-order valence-electron chi connectivity index (χ4n) is 3.04. The Kier molecular flexibility index (Phi) is 4.51. The Hall–Kier alpha value is -1.71. The molecular formula is C14H20N4O4S. The molecule has 0 saturated carbocycles. The van der Waals surface area contributed by atoms with Gasteiger partial charge in [-0.25, -0.2) is 0 Å². The van der Waals surface area contributed by atoms with E-state index < -0.39 is 15.1 Å². The fraction of sp³-hybridized carbons (Fsp3) is 0.571. The van der Waals surface area contributed by atoms with Gasteiger partial charge in [0.1, 0.15) is 0 Å². The molecule has 2 saturated heterocycles. The molecule has 0 amide bonds. The van der Waals surface area contributed by atoms with Crippen LogP contribution in [0.4, 0.5) is 11.4 Å². The zero-order valence-corrected chi connectivity index (χ0v) is 13.6. The van der Waals surface area contributed by atoms with Gasteiger partial charge >= 0.3 is 0 Å². The zero-order chi connectivity index (χ0) is 16.4. The summed E-state index contributed by atoms with van der Waals surface area (Å²) in [6.07, 6.45) is 1.87. The lowest BCUT2D eigenvalue weighted by atomic mass is 10.2. The van der Waals surface area contributed by atoms with Crippen LogP contribution in [0.5, 0.6) is 0 Å². The van der Waals surface area contributed by atoms with Crippen molar-refractivity contribution in [2.45, 2.75) is 12.8 Å². The smallest absolute Gasteiger partial charge is 0.282 e. The van der Waals surface area contributed by atoms with E-state index in [0.717, 1.165) is 18.5 Å². The topological polar surface area (TPSA) is 87.0 Å². The molecule has 126 valence electrons. The molecule has 9 heteroatoms. The van der Waals surface area contributed by atoms with Crippen LogP contribution in [0.25, 0.3) is 0 Å². The molecule has 0 N–H and O–H groups in total. The molecule has 1 aromatic rings. The molecule has 0 unspecified atom stereocenters. The van der Waals surface area contributed by atoms with Gasteiger partial charge in [0.15, 0.2) is 0 Å². The third kappa shape index (κ3) is 3.31. The molecule has 0 atom stereocenters. The Balaban J connectivity index is 1.63. The van der Waals surface area contributed by atoms with E-state index in [1.54, 1.807) is 20.7 Å². The van der Waals surface area contributed by atoms with Gasteiger partial charge in [-0.3, -0.25) is 10.1 Å². The minimum absolute atomic E-state index is 0.0593. The monoisotopic (exact) mass is 340 g/mol. The number of nitrogens with zero attached hydrogens (tertiary/aromatic N) is 4. The average Bonchev–Trinajstić information content (AvgIpc) is 3.10. The van der Waals surface area contributed by atoms with E-state index in [4.69, 9.17) is 0 Å². The van der Waals surface area contributed by atoms with Crippen molar-refractivity contribution in [2.75, 3.05) is 44.2 Å². The molecule has 2 aliphatic heterocycles. The predicted octanol–water partition coefficient (Wildman–Crippen LogP) is 1.06. The average molecular weight is 340 g/mol. The van der Waals surface area contributed by atoms with Crippen LogP contribution in [0.3, 0.4) is 0 Å². The summed E-state index contributed by atoms with van der Waals surface area (Å²) in [4.78, 5) is 12.3. The zero-order valence-electron chi connectivity index (χ0n) is 12.8. The first-order valence-electron chi connectivity index (χ1n) is 7.73. The fourth-order valence-corrected chi connectivity index (χ4v) is 4.72. The second kappa shape index (κ2) is 6.42. The molecule has 0 aliphatic carbocycles. The van der Waals surface area contributed by atoms with Gasteiger partial charge in [0.05, 0.1) is 4.92 Å². The van der Waals surface area contributed by atoms with Crippen LogP contribution in [0.15, 0.2) is 24.3 Å². The van der Waals surface area contributed by atoms with Gasteiger partial charge in [-0.2, -0.15) is 17.0 Å². The van der Waals surface area contributed by atoms with Crippen molar-refractivity contribution < 1.29 is 13.3 Å². The molecule has 0 bridgehead atoms. The second-order valence-corrected chi connectivity index (χ2v) is 7.70. The second-order valence-electron chi connectivity index (χ2n) is 5.77. The molecule has 0 radical (unpaired) electrons. The first kappa shape index (κ1) is 16.2. The Morgan fingerprint density at radius 2 is 1.39 bits per heavy atom. The van der Waals surface area contributed by atoms with E-state index in [0.29, 0.717) is 39.3 Å². The number of hydrogen-bond donors (Lipinski definition) is 0. The van der Waals surface area contributed by atoms with Gasteiger partial charge in [0, 0.05) is 57.1 Å². The number of piperazine rings is 1. The van der Waals surface area contributed by atoms with Gasteiger partial charge in [-0.1, -0.05) is 0 Å². The Bertz CT molecular complexity index is 663. The Morgan fingerprint density at radius 3 is 1.91 bits per heavy atom.